The summed E-state index contributed by atoms with van der Waals surface area (Å²) >= 11 is 0. The Morgan fingerprint density at radius 2 is 2.23 bits per heavy atom. The maximum Gasteiger partial charge on any atom is 0.243 e. The summed E-state index contributed by atoms with van der Waals surface area (Å²) in [6.45, 7) is 5.65. The molecule has 2 N–H and O–H groups in total. The van der Waals surface area contributed by atoms with E-state index in [1.807, 2.05) is 0 Å². The summed E-state index contributed by atoms with van der Waals surface area (Å²) in [6, 6.07) is 0.417. The standard InChI is InChI=1S/C10H16N2O/c1-2-9(13)12-8-7-10(8)3-5-11-6-4-10/h2,8,11H,1,3-7H2,(H,12,13). The second kappa shape index (κ2) is 3.14. The molecule has 2 aliphatic rings. The molecule has 0 radical (unpaired) electrons. The van der Waals surface area contributed by atoms with E-state index >= 15 is 0 Å². The summed E-state index contributed by atoms with van der Waals surface area (Å²) in [5, 5.41) is 6.31. The van der Waals surface area contributed by atoms with Gasteiger partial charge in [-0.15, -0.1) is 0 Å². The van der Waals surface area contributed by atoms with Gasteiger partial charge < -0.3 is 10.6 Å². The van der Waals surface area contributed by atoms with Gasteiger partial charge in [0.05, 0.1) is 0 Å². The Balaban J connectivity index is 1.85. The zero-order valence-electron chi connectivity index (χ0n) is 7.81. The Labute approximate surface area is 78.6 Å². The van der Waals surface area contributed by atoms with Gasteiger partial charge in [0.25, 0.3) is 0 Å². The molecule has 1 aliphatic carbocycles. The van der Waals surface area contributed by atoms with E-state index in [-0.39, 0.29) is 5.91 Å². The fraction of sp³-hybridized carbons (Fsp3) is 0.700. The van der Waals surface area contributed by atoms with Crippen molar-refractivity contribution in [1.29, 1.82) is 0 Å². The van der Waals surface area contributed by atoms with Crippen LogP contribution in [-0.4, -0.2) is 25.0 Å². The van der Waals surface area contributed by atoms with Crippen LogP contribution in [0.3, 0.4) is 0 Å². The molecule has 1 atom stereocenters. The third-order valence-electron chi connectivity index (χ3n) is 3.29. The predicted octanol–water partition coefficient (Wildman–Crippen LogP) is 0.431. The number of rotatable bonds is 2. The second-order valence-electron chi connectivity index (χ2n) is 4.08. The summed E-state index contributed by atoms with van der Waals surface area (Å²) in [4.78, 5) is 11.0. The minimum Gasteiger partial charge on any atom is -0.349 e. The zero-order chi connectivity index (χ0) is 9.31. The van der Waals surface area contributed by atoms with Crippen molar-refractivity contribution in [1.82, 2.24) is 10.6 Å². The third kappa shape index (κ3) is 1.61. The molecule has 1 saturated heterocycles. The normalized spacial score (nSPS) is 29.7. The van der Waals surface area contributed by atoms with Gasteiger partial charge in [-0.1, -0.05) is 6.58 Å². The predicted molar refractivity (Wildman–Crippen MR) is 51.3 cm³/mol. The van der Waals surface area contributed by atoms with Gasteiger partial charge in [0.1, 0.15) is 0 Å². The first-order chi connectivity index (χ1) is 6.27. The van der Waals surface area contributed by atoms with Crippen molar-refractivity contribution in [2.75, 3.05) is 13.1 Å². The Kier molecular flexibility index (Phi) is 2.12. The molecule has 1 saturated carbocycles. The highest BCUT2D eigenvalue weighted by Crippen LogP contribution is 2.52. The number of hydrogen-bond donors (Lipinski definition) is 2. The number of carbonyl (C=O) groups is 1. The molecule has 1 heterocycles. The zero-order valence-corrected chi connectivity index (χ0v) is 7.81. The monoisotopic (exact) mass is 180 g/mol. The lowest BCUT2D eigenvalue weighted by Gasteiger charge is -2.23. The number of amides is 1. The average Bonchev–Trinajstić information content (AvgIpc) is 2.79. The van der Waals surface area contributed by atoms with E-state index in [9.17, 15) is 4.79 Å². The van der Waals surface area contributed by atoms with Crippen molar-refractivity contribution in [2.24, 2.45) is 5.41 Å². The van der Waals surface area contributed by atoms with E-state index in [0.717, 1.165) is 19.5 Å². The molecule has 1 unspecified atom stereocenters. The SMILES string of the molecule is C=CC(=O)NC1CC12CCNCC2. The van der Waals surface area contributed by atoms with Crippen molar-refractivity contribution in [2.45, 2.75) is 25.3 Å². The molecule has 0 aromatic carbocycles. The first-order valence-electron chi connectivity index (χ1n) is 4.90. The van der Waals surface area contributed by atoms with Crippen LogP contribution in [0.15, 0.2) is 12.7 Å². The van der Waals surface area contributed by atoms with Crippen LogP contribution in [0.5, 0.6) is 0 Å². The highest BCUT2D eigenvalue weighted by atomic mass is 16.1. The van der Waals surface area contributed by atoms with E-state index < -0.39 is 0 Å². The molecule has 1 spiro atoms. The van der Waals surface area contributed by atoms with E-state index in [0.29, 0.717) is 11.5 Å². The van der Waals surface area contributed by atoms with Gasteiger partial charge in [0.2, 0.25) is 5.91 Å². The van der Waals surface area contributed by atoms with Crippen molar-refractivity contribution < 1.29 is 4.79 Å². The van der Waals surface area contributed by atoms with E-state index in [4.69, 9.17) is 0 Å². The van der Waals surface area contributed by atoms with E-state index in [1.165, 1.54) is 18.9 Å². The van der Waals surface area contributed by atoms with Crippen LogP contribution >= 0.6 is 0 Å². The van der Waals surface area contributed by atoms with Crippen molar-refractivity contribution >= 4 is 5.91 Å². The van der Waals surface area contributed by atoms with Crippen LogP contribution in [0.4, 0.5) is 0 Å². The average molecular weight is 180 g/mol. The maximum atomic E-state index is 11.0. The molecule has 0 aromatic rings. The van der Waals surface area contributed by atoms with Crippen molar-refractivity contribution in [3.8, 4) is 0 Å². The van der Waals surface area contributed by atoms with Gasteiger partial charge in [-0.05, 0) is 43.8 Å². The number of nitrogens with one attached hydrogen (secondary N) is 2. The van der Waals surface area contributed by atoms with Crippen LogP contribution in [0, 0.1) is 5.41 Å². The van der Waals surface area contributed by atoms with Gasteiger partial charge in [-0.2, -0.15) is 0 Å². The highest BCUT2D eigenvalue weighted by molar-refractivity contribution is 5.87. The second-order valence-corrected chi connectivity index (χ2v) is 4.08. The number of hydrogen-bond acceptors (Lipinski definition) is 2. The molecule has 2 rings (SSSR count). The van der Waals surface area contributed by atoms with Gasteiger partial charge in [-0.25, -0.2) is 0 Å². The van der Waals surface area contributed by atoms with Crippen LogP contribution in [0.2, 0.25) is 0 Å². The Morgan fingerprint density at radius 3 is 2.85 bits per heavy atom. The minimum absolute atomic E-state index is 0.0274. The lowest BCUT2D eigenvalue weighted by Crippen LogP contribution is -2.35. The summed E-state index contributed by atoms with van der Waals surface area (Å²) < 4.78 is 0. The fourth-order valence-electron chi connectivity index (χ4n) is 2.26. The molecule has 0 bridgehead atoms. The lowest BCUT2D eigenvalue weighted by molar-refractivity contribution is -0.116. The molecule has 3 nitrogen and oxygen atoms in total. The van der Waals surface area contributed by atoms with Crippen molar-refractivity contribution in [3.63, 3.8) is 0 Å². The smallest absolute Gasteiger partial charge is 0.243 e. The van der Waals surface area contributed by atoms with Gasteiger partial charge in [0.15, 0.2) is 0 Å². The van der Waals surface area contributed by atoms with Gasteiger partial charge in [-0.3, -0.25) is 4.79 Å². The van der Waals surface area contributed by atoms with E-state index in [1.54, 1.807) is 0 Å². The molecular formula is C10H16N2O. The molecule has 13 heavy (non-hydrogen) atoms. The molecule has 3 heteroatoms. The first kappa shape index (κ1) is 8.75. The minimum atomic E-state index is -0.0274. The Bertz CT molecular complexity index is 231. The molecule has 1 aliphatic heterocycles. The van der Waals surface area contributed by atoms with Crippen LogP contribution in [0.1, 0.15) is 19.3 Å². The summed E-state index contributed by atoms with van der Waals surface area (Å²) in [5.41, 5.74) is 0.434. The van der Waals surface area contributed by atoms with Gasteiger partial charge >= 0.3 is 0 Å². The first-order valence-corrected chi connectivity index (χ1v) is 4.90. The maximum absolute atomic E-state index is 11.0. The molecule has 72 valence electrons. The highest BCUT2D eigenvalue weighted by Gasteiger charge is 2.54. The fourth-order valence-corrected chi connectivity index (χ4v) is 2.26. The largest absolute Gasteiger partial charge is 0.349 e. The molecular weight excluding hydrogens is 164 g/mol. The number of carbonyl (C=O) groups excluding carboxylic acids is 1. The van der Waals surface area contributed by atoms with E-state index in [2.05, 4.69) is 17.2 Å². The van der Waals surface area contributed by atoms with Crippen molar-refractivity contribution in [3.05, 3.63) is 12.7 Å². The summed E-state index contributed by atoms with van der Waals surface area (Å²) in [6.07, 6.45) is 4.92. The molecule has 2 fully saturated rings. The topological polar surface area (TPSA) is 41.1 Å². The summed E-state index contributed by atoms with van der Waals surface area (Å²) in [7, 11) is 0. The number of piperidine rings is 1. The quantitative estimate of drug-likeness (QED) is 0.605. The van der Waals surface area contributed by atoms with Gasteiger partial charge in [0, 0.05) is 6.04 Å². The van der Waals surface area contributed by atoms with Crippen LogP contribution in [-0.2, 0) is 4.79 Å². The molecule has 0 aromatic heterocycles. The lowest BCUT2D eigenvalue weighted by atomic mass is 9.94. The molecule has 1 amide bonds. The summed E-state index contributed by atoms with van der Waals surface area (Å²) in [5.74, 6) is -0.0274. The Morgan fingerprint density at radius 1 is 1.54 bits per heavy atom. The third-order valence-corrected chi connectivity index (χ3v) is 3.29. The van der Waals surface area contributed by atoms with Crippen LogP contribution < -0.4 is 10.6 Å². The van der Waals surface area contributed by atoms with Crippen LogP contribution in [0.25, 0.3) is 0 Å². The Hall–Kier alpha value is -0.830.